The van der Waals surface area contributed by atoms with Gasteiger partial charge < -0.3 is 10.1 Å². The Balaban J connectivity index is 2.33. The van der Waals surface area contributed by atoms with Gasteiger partial charge in [0.05, 0.1) is 0 Å². The molecule has 0 fully saturated rings. The van der Waals surface area contributed by atoms with Gasteiger partial charge in [-0.2, -0.15) is 0 Å². The molecule has 17 heavy (non-hydrogen) atoms. The molecule has 1 aromatic heterocycles. The molecule has 0 atom stereocenters. The minimum Gasteiger partial charge on any atom is -0.358 e. The molecule has 0 aliphatic carbocycles. The zero-order valence-electron chi connectivity index (χ0n) is 9.03. The van der Waals surface area contributed by atoms with Gasteiger partial charge >= 0.3 is 5.82 Å². The van der Waals surface area contributed by atoms with Crippen molar-refractivity contribution in [1.29, 1.82) is 0 Å². The number of hydrogen-bond donors (Lipinski definition) is 0. The van der Waals surface area contributed by atoms with E-state index in [2.05, 4.69) is 4.98 Å². The molecule has 1 heterocycles. The lowest BCUT2D eigenvalue weighted by molar-refractivity contribution is -0.389. The van der Waals surface area contributed by atoms with E-state index in [4.69, 9.17) is 0 Å². The second-order valence-corrected chi connectivity index (χ2v) is 3.50. The van der Waals surface area contributed by atoms with E-state index in [1.165, 1.54) is 24.0 Å². The van der Waals surface area contributed by atoms with E-state index in [1.54, 1.807) is 24.3 Å². The summed E-state index contributed by atoms with van der Waals surface area (Å²) in [5, 5.41) is 10.5. The van der Waals surface area contributed by atoms with E-state index in [0.29, 0.717) is 5.56 Å². The van der Waals surface area contributed by atoms with Gasteiger partial charge in [0.15, 0.2) is 5.78 Å². The van der Waals surface area contributed by atoms with Gasteiger partial charge in [0, 0.05) is 11.3 Å². The molecular formula is C11H9N3O3. The first kappa shape index (κ1) is 11.0. The van der Waals surface area contributed by atoms with Crippen LogP contribution in [0.3, 0.4) is 0 Å². The lowest BCUT2D eigenvalue weighted by atomic mass is 10.1. The van der Waals surface area contributed by atoms with Gasteiger partial charge in [-0.1, -0.05) is 0 Å². The van der Waals surface area contributed by atoms with Gasteiger partial charge in [-0.05, 0) is 41.1 Å². The lowest BCUT2D eigenvalue weighted by Crippen LogP contribution is -1.94. The highest BCUT2D eigenvalue weighted by Gasteiger charge is 2.10. The SMILES string of the molecule is CC(=O)c1ccc(-n2cnc([N+](=O)[O-])c2)cc1. The summed E-state index contributed by atoms with van der Waals surface area (Å²) in [6.45, 7) is 1.48. The molecule has 86 valence electrons. The molecule has 6 nitrogen and oxygen atoms in total. The summed E-state index contributed by atoms with van der Waals surface area (Å²) in [5.41, 5.74) is 1.32. The van der Waals surface area contributed by atoms with Crippen molar-refractivity contribution in [1.82, 2.24) is 9.55 Å². The standard InChI is InChI=1S/C11H9N3O3/c1-8(15)9-2-4-10(5-3-9)13-6-11(12-7-13)14(16)17/h2-7H,1H3. The predicted molar refractivity (Wildman–Crippen MR) is 60.2 cm³/mol. The summed E-state index contributed by atoms with van der Waals surface area (Å²) in [4.78, 5) is 24.6. The maximum atomic E-state index is 11.1. The highest BCUT2D eigenvalue weighted by atomic mass is 16.6. The third-order valence-corrected chi connectivity index (χ3v) is 2.33. The molecule has 6 heteroatoms. The van der Waals surface area contributed by atoms with E-state index in [-0.39, 0.29) is 11.6 Å². The summed E-state index contributed by atoms with van der Waals surface area (Å²) in [6, 6.07) is 6.76. The summed E-state index contributed by atoms with van der Waals surface area (Å²) >= 11 is 0. The molecule has 0 saturated carbocycles. The Morgan fingerprint density at radius 1 is 1.35 bits per heavy atom. The smallest absolute Gasteiger partial charge is 0.358 e. The number of carbonyl (C=O) groups is 1. The molecule has 2 rings (SSSR count). The largest absolute Gasteiger partial charge is 0.381 e. The van der Waals surface area contributed by atoms with Gasteiger partial charge in [-0.25, -0.2) is 0 Å². The van der Waals surface area contributed by atoms with Crippen molar-refractivity contribution in [2.75, 3.05) is 0 Å². The third kappa shape index (κ3) is 2.20. The average Bonchev–Trinajstić information content (AvgIpc) is 2.78. The van der Waals surface area contributed by atoms with Crippen LogP contribution in [0.15, 0.2) is 36.8 Å². The van der Waals surface area contributed by atoms with Crippen LogP contribution < -0.4 is 0 Å². The van der Waals surface area contributed by atoms with E-state index in [0.717, 1.165) is 5.69 Å². The van der Waals surface area contributed by atoms with Crippen molar-refractivity contribution in [3.8, 4) is 5.69 Å². The van der Waals surface area contributed by atoms with Crippen LogP contribution >= 0.6 is 0 Å². The first-order valence-electron chi connectivity index (χ1n) is 4.87. The Morgan fingerprint density at radius 3 is 2.47 bits per heavy atom. The van der Waals surface area contributed by atoms with Crippen LogP contribution in [-0.4, -0.2) is 20.3 Å². The number of hydrogen-bond acceptors (Lipinski definition) is 4. The number of nitro groups is 1. The van der Waals surface area contributed by atoms with E-state index in [9.17, 15) is 14.9 Å². The monoisotopic (exact) mass is 231 g/mol. The van der Waals surface area contributed by atoms with E-state index < -0.39 is 4.92 Å². The van der Waals surface area contributed by atoms with Gasteiger partial charge in [0.2, 0.25) is 6.33 Å². The number of nitrogens with zero attached hydrogens (tertiary/aromatic N) is 3. The number of carbonyl (C=O) groups excluding carboxylic acids is 1. The zero-order chi connectivity index (χ0) is 12.4. The number of Topliss-reactive ketones (excluding diaryl/α,β-unsaturated/α-hetero) is 1. The van der Waals surface area contributed by atoms with Gasteiger partial charge in [0.1, 0.15) is 6.20 Å². The number of ketones is 1. The molecule has 2 aromatic rings. The molecular weight excluding hydrogens is 222 g/mol. The van der Waals surface area contributed by atoms with Crippen molar-refractivity contribution in [3.05, 3.63) is 52.5 Å². The molecule has 0 saturated heterocycles. The van der Waals surface area contributed by atoms with E-state index in [1.807, 2.05) is 0 Å². The first-order chi connectivity index (χ1) is 8.08. The highest BCUT2D eigenvalue weighted by Crippen LogP contribution is 2.14. The molecule has 0 amide bonds. The summed E-state index contributed by atoms with van der Waals surface area (Å²) < 4.78 is 1.53. The lowest BCUT2D eigenvalue weighted by Gasteiger charge is -2.00. The van der Waals surface area contributed by atoms with Crippen molar-refractivity contribution in [2.24, 2.45) is 0 Å². The predicted octanol–water partition coefficient (Wildman–Crippen LogP) is 1.98. The second-order valence-electron chi connectivity index (χ2n) is 3.50. The van der Waals surface area contributed by atoms with Gasteiger partial charge in [-0.15, -0.1) is 0 Å². The Labute approximate surface area is 96.7 Å². The molecule has 0 aliphatic rings. The quantitative estimate of drug-likeness (QED) is 0.459. The van der Waals surface area contributed by atoms with Gasteiger partial charge in [-0.3, -0.25) is 9.36 Å². The minimum atomic E-state index is -0.555. The van der Waals surface area contributed by atoms with Gasteiger partial charge in [0.25, 0.3) is 0 Å². The maximum Gasteiger partial charge on any atom is 0.381 e. The van der Waals surface area contributed by atoms with Crippen LogP contribution in [0.1, 0.15) is 17.3 Å². The zero-order valence-corrected chi connectivity index (χ0v) is 9.03. The van der Waals surface area contributed by atoms with Crippen molar-refractivity contribution in [2.45, 2.75) is 6.92 Å². The molecule has 0 aliphatic heterocycles. The third-order valence-electron chi connectivity index (χ3n) is 2.33. The van der Waals surface area contributed by atoms with Crippen LogP contribution in [0.25, 0.3) is 5.69 Å². The normalized spacial score (nSPS) is 10.2. The topological polar surface area (TPSA) is 78.0 Å². The van der Waals surface area contributed by atoms with Crippen LogP contribution in [0.2, 0.25) is 0 Å². The summed E-state index contributed by atoms with van der Waals surface area (Å²) in [7, 11) is 0. The fraction of sp³-hybridized carbons (Fsp3) is 0.0909. The molecule has 0 spiro atoms. The van der Waals surface area contributed by atoms with Crippen LogP contribution in [-0.2, 0) is 0 Å². The number of rotatable bonds is 3. The maximum absolute atomic E-state index is 11.1. The molecule has 0 unspecified atom stereocenters. The highest BCUT2D eigenvalue weighted by molar-refractivity contribution is 5.94. The number of aromatic nitrogens is 2. The molecule has 0 N–H and O–H groups in total. The van der Waals surface area contributed by atoms with Crippen molar-refractivity contribution in [3.63, 3.8) is 0 Å². The first-order valence-corrected chi connectivity index (χ1v) is 4.87. The summed E-state index contributed by atoms with van der Waals surface area (Å²) in [5.74, 6) is -0.228. The molecule has 1 aromatic carbocycles. The Kier molecular flexibility index (Phi) is 2.70. The van der Waals surface area contributed by atoms with Crippen molar-refractivity contribution < 1.29 is 9.72 Å². The number of benzene rings is 1. The van der Waals surface area contributed by atoms with Crippen LogP contribution in [0.4, 0.5) is 5.82 Å². The molecule has 0 radical (unpaired) electrons. The second kappa shape index (κ2) is 4.17. The summed E-state index contributed by atoms with van der Waals surface area (Å²) in [6.07, 6.45) is 2.68. The van der Waals surface area contributed by atoms with E-state index >= 15 is 0 Å². The Bertz CT molecular complexity index is 572. The van der Waals surface area contributed by atoms with Crippen LogP contribution in [0.5, 0.6) is 0 Å². The fourth-order valence-electron chi connectivity index (χ4n) is 1.42. The van der Waals surface area contributed by atoms with Crippen molar-refractivity contribution >= 4 is 11.6 Å². The average molecular weight is 231 g/mol. The number of imidazole rings is 1. The molecule has 0 bridgehead atoms. The Morgan fingerprint density at radius 2 is 2.00 bits per heavy atom. The fourth-order valence-corrected chi connectivity index (χ4v) is 1.42. The Hall–Kier alpha value is -2.50. The minimum absolute atomic E-state index is 0.0202. The van der Waals surface area contributed by atoms with Crippen LogP contribution in [0, 0.1) is 10.1 Å².